The number of carbonyl (C=O) groups is 1. The Balaban J connectivity index is 1.93. The summed E-state index contributed by atoms with van der Waals surface area (Å²) in [4.78, 5) is 23.2. The second-order valence-corrected chi connectivity index (χ2v) is 8.30. The Labute approximate surface area is 151 Å². The zero-order valence-electron chi connectivity index (χ0n) is 16.3. The van der Waals surface area contributed by atoms with Gasteiger partial charge in [-0.25, -0.2) is 4.79 Å². The molecule has 2 unspecified atom stereocenters. The van der Waals surface area contributed by atoms with Gasteiger partial charge in [-0.15, -0.1) is 0 Å². The molecule has 1 amide bonds. The predicted octanol–water partition coefficient (Wildman–Crippen LogP) is 4.80. The van der Waals surface area contributed by atoms with Crippen molar-refractivity contribution in [3.63, 3.8) is 0 Å². The summed E-state index contributed by atoms with van der Waals surface area (Å²) in [6.45, 7) is 13.4. The Bertz CT molecular complexity index is 493. The zero-order chi connectivity index (χ0) is 18.7. The molecule has 0 bridgehead atoms. The highest BCUT2D eigenvalue weighted by Crippen LogP contribution is 2.47. The van der Waals surface area contributed by atoms with E-state index in [1.807, 2.05) is 27.7 Å². The third kappa shape index (κ3) is 5.43. The van der Waals surface area contributed by atoms with Crippen LogP contribution in [0, 0.1) is 5.92 Å². The second kappa shape index (κ2) is 7.64. The molecule has 25 heavy (non-hydrogen) atoms. The molecular weight excluding hydrogens is 322 g/mol. The molecule has 2 aliphatic rings. The smallest absolute Gasteiger partial charge is 0.411 e. The van der Waals surface area contributed by atoms with Gasteiger partial charge in [-0.05, 0) is 53.4 Å². The van der Waals surface area contributed by atoms with Crippen LogP contribution in [0.1, 0.15) is 79.6 Å². The summed E-state index contributed by atoms with van der Waals surface area (Å²) >= 11 is 0. The van der Waals surface area contributed by atoms with Crippen molar-refractivity contribution in [2.45, 2.75) is 96.7 Å². The van der Waals surface area contributed by atoms with Crippen LogP contribution in [-0.2, 0) is 19.2 Å². The van der Waals surface area contributed by atoms with Crippen LogP contribution in [0.3, 0.4) is 0 Å². The van der Waals surface area contributed by atoms with Crippen molar-refractivity contribution in [1.29, 1.82) is 0 Å². The quantitative estimate of drug-likeness (QED) is 0.718. The van der Waals surface area contributed by atoms with Crippen molar-refractivity contribution in [3.8, 4) is 0 Å². The monoisotopic (exact) mass is 355 g/mol. The maximum absolute atomic E-state index is 11.9. The summed E-state index contributed by atoms with van der Waals surface area (Å²) < 4.78 is 11.6. The minimum absolute atomic E-state index is 0.0104. The Morgan fingerprint density at radius 3 is 2.44 bits per heavy atom. The zero-order valence-corrected chi connectivity index (χ0v) is 16.3. The fraction of sp³-hybridized carbons (Fsp3) is 0.842. The van der Waals surface area contributed by atoms with Crippen molar-refractivity contribution < 1.29 is 24.0 Å². The first-order chi connectivity index (χ1) is 11.6. The van der Waals surface area contributed by atoms with Crippen molar-refractivity contribution in [3.05, 3.63) is 12.3 Å². The van der Waals surface area contributed by atoms with Gasteiger partial charge in [0.1, 0.15) is 5.60 Å². The lowest BCUT2D eigenvalue weighted by molar-refractivity contribution is -0.359. The molecule has 6 nitrogen and oxygen atoms in total. The third-order valence-electron chi connectivity index (χ3n) is 4.77. The molecule has 2 fully saturated rings. The highest BCUT2D eigenvalue weighted by molar-refractivity contribution is 5.69. The van der Waals surface area contributed by atoms with Crippen molar-refractivity contribution in [1.82, 2.24) is 5.32 Å². The highest BCUT2D eigenvalue weighted by atomic mass is 17.3. The Hall–Kier alpha value is -1.11. The molecule has 6 heteroatoms. The highest BCUT2D eigenvalue weighted by Gasteiger charge is 2.53. The first kappa shape index (κ1) is 20.2. The number of rotatable bonds is 5. The van der Waals surface area contributed by atoms with Gasteiger partial charge in [0.05, 0.1) is 0 Å². The van der Waals surface area contributed by atoms with E-state index in [4.69, 9.17) is 19.2 Å². The standard InChI is InChI=1S/C19H33NO5/c1-7-15(13-14(2)20-16(21)22-17(3,4)5)18(6)23-19(25-24-18)11-9-8-10-12-19/h15H,2,7-13H2,1,3-6H3,(H,20,21). The maximum Gasteiger partial charge on any atom is 0.411 e. The van der Waals surface area contributed by atoms with E-state index in [1.165, 1.54) is 6.42 Å². The summed E-state index contributed by atoms with van der Waals surface area (Å²) in [6.07, 6.45) is 5.94. The molecule has 2 atom stereocenters. The molecule has 1 aliphatic heterocycles. The fourth-order valence-corrected chi connectivity index (χ4v) is 3.49. The molecule has 1 saturated heterocycles. The molecule has 1 heterocycles. The summed E-state index contributed by atoms with van der Waals surface area (Å²) in [7, 11) is 0. The van der Waals surface area contributed by atoms with E-state index in [1.54, 1.807) is 0 Å². The van der Waals surface area contributed by atoms with Gasteiger partial charge in [0.2, 0.25) is 11.6 Å². The normalized spacial score (nSPS) is 27.1. The van der Waals surface area contributed by atoms with Crippen molar-refractivity contribution in [2.75, 3.05) is 0 Å². The van der Waals surface area contributed by atoms with E-state index in [0.717, 1.165) is 32.1 Å². The van der Waals surface area contributed by atoms with Gasteiger partial charge >= 0.3 is 6.09 Å². The molecule has 1 N–H and O–H groups in total. The van der Waals surface area contributed by atoms with E-state index in [2.05, 4.69) is 18.8 Å². The molecule has 2 rings (SSSR count). The third-order valence-corrected chi connectivity index (χ3v) is 4.77. The predicted molar refractivity (Wildman–Crippen MR) is 94.4 cm³/mol. The Morgan fingerprint density at radius 1 is 1.24 bits per heavy atom. The van der Waals surface area contributed by atoms with Crippen LogP contribution in [0.15, 0.2) is 12.3 Å². The van der Waals surface area contributed by atoms with Gasteiger partial charge in [-0.2, -0.15) is 9.78 Å². The molecule has 1 spiro atoms. The lowest BCUT2D eigenvalue weighted by atomic mass is 9.90. The van der Waals surface area contributed by atoms with E-state index >= 15 is 0 Å². The van der Waals surface area contributed by atoms with E-state index < -0.39 is 23.3 Å². The summed E-state index contributed by atoms with van der Waals surface area (Å²) in [5.41, 5.74) is 0.0402. The summed E-state index contributed by atoms with van der Waals surface area (Å²) in [5.74, 6) is -1.44. The van der Waals surface area contributed by atoms with Gasteiger partial charge in [0.25, 0.3) is 0 Å². The number of amides is 1. The van der Waals surface area contributed by atoms with E-state index in [-0.39, 0.29) is 5.92 Å². The van der Waals surface area contributed by atoms with Crippen LogP contribution in [0.2, 0.25) is 0 Å². The molecule has 144 valence electrons. The van der Waals surface area contributed by atoms with E-state index in [9.17, 15) is 4.79 Å². The number of carbonyl (C=O) groups excluding carboxylic acids is 1. The molecule has 0 aromatic heterocycles. The molecule has 0 radical (unpaired) electrons. The van der Waals surface area contributed by atoms with Crippen LogP contribution in [0.25, 0.3) is 0 Å². The molecule has 0 aromatic rings. The molecular formula is C19H33NO5. The number of ether oxygens (including phenoxy) is 2. The number of nitrogens with one attached hydrogen (secondary N) is 1. The first-order valence-electron chi connectivity index (χ1n) is 9.32. The Morgan fingerprint density at radius 2 is 1.88 bits per heavy atom. The topological polar surface area (TPSA) is 66.0 Å². The van der Waals surface area contributed by atoms with Gasteiger partial charge in [0, 0.05) is 24.5 Å². The maximum atomic E-state index is 11.9. The fourth-order valence-electron chi connectivity index (χ4n) is 3.49. The van der Waals surface area contributed by atoms with Crippen LogP contribution in [-0.4, -0.2) is 23.3 Å². The van der Waals surface area contributed by atoms with Crippen LogP contribution in [0.5, 0.6) is 0 Å². The number of hydrogen-bond acceptors (Lipinski definition) is 5. The van der Waals surface area contributed by atoms with Crippen LogP contribution in [0.4, 0.5) is 4.79 Å². The Kier molecular flexibility index (Phi) is 6.17. The lowest BCUT2D eigenvalue weighted by Gasteiger charge is -2.34. The number of hydrogen-bond donors (Lipinski definition) is 1. The molecule has 0 aromatic carbocycles. The van der Waals surface area contributed by atoms with Gasteiger partial charge in [-0.1, -0.05) is 19.9 Å². The van der Waals surface area contributed by atoms with Gasteiger partial charge < -0.3 is 9.47 Å². The minimum Gasteiger partial charge on any atom is -0.444 e. The average molecular weight is 355 g/mol. The average Bonchev–Trinajstić information content (AvgIpc) is 2.81. The molecule has 1 aliphatic carbocycles. The number of alkyl carbamates (subject to hydrolysis) is 1. The first-order valence-corrected chi connectivity index (χ1v) is 9.32. The second-order valence-electron chi connectivity index (χ2n) is 8.30. The van der Waals surface area contributed by atoms with Crippen LogP contribution >= 0.6 is 0 Å². The SMILES string of the molecule is C=C(CC(CC)C1(C)OOC2(CCCCC2)O1)NC(=O)OC(C)(C)C. The largest absolute Gasteiger partial charge is 0.444 e. The van der Waals surface area contributed by atoms with E-state index in [0.29, 0.717) is 12.1 Å². The van der Waals surface area contributed by atoms with Crippen LogP contribution < -0.4 is 5.32 Å². The summed E-state index contributed by atoms with van der Waals surface area (Å²) in [6, 6.07) is 0. The van der Waals surface area contributed by atoms with Crippen molar-refractivity contribution >= 4 is 6.09 Å². The summed E-state index contributed by atoms with van der Waals surface area (Å²) in [5, 5.41) is 2.71. The lowest BCUT2D eigenvalue weighted by Crippen LogP contribution is -2.42. The van der Waals surface area contributed by atoms with Crippen molar-refractivity contribution in [2.24, 2.45) is 5.92 Å². The molecule has 1 saturated carbocycles. The number of allylic oxidation sites excluding steroid dienone is 1. The van der Waals surface area contributed by atoms with Gasteiger partial charge in [0.15, 0.2) is 0 Å². The minimum atomic E-state index is -0.843. The van der Waals surface area contributed by atoms with Gasteiger partial charge in [-0.3, -0.25) is 5.32 Å².